The van der Waals surface area contributed by atoms with Crippen LogP contribution in [0.2, 0.25) is 0 Å². The first-order chi connectivity index (χ1) is 8.60. The van der Waals surface area contributed by atoms with E-state index in [1.807, 2.05) is 20.8 Å². The predicted molar refractivity (Wildman–Crippen MR) is 76.1 cm³/mol. The molecule has 6 heteroatoms. The van der Waals surface area contributed by atoms with Crippen LogP contribution in [0, 0.1) is 0 Å². The Hall–Kier alpha value is -0.880. The number of aromatic nitrogens is 2. The van der Waals surface area contributed by atoms with Crippen molar-refractivity contribution in [2.75, 3.05) is 18.5 Å². The van der Waals surface area contributed by atoms with Crippen molar-refractivity contribution in [1.82, 2.24) is 9.78 Å². The summed E-state index contributed by atoms with van der Waals surface area (Å²) in [5, 5.41) is 7.28. The first-order valence-electron chi connectivity index (χ1n) is 6.21. The van der Waals surface area contributed by atoms with Crippen molar-refractivity contribution in [3.63, 3.8) is 0 Å². The Balaban J connectivity index is 2.73. The van der Waals surface area contributed by atoms with Gasteiger partial charge in [0.2, 0.25) is 0 Å². The molecule has 0 bridgehead atoms. The normalized spacial score (nSPS) is 12.4. The SMILES string of the molecule is CCCn1ncc(NCC(C)OCC)c(Br)c1=O. The van der Waals surface area contributed by atoms with E-state index in [2.05, 4.69) is 26.3 Å². The molecule has 1 rings (SSSR count). The largest absolute Gasteiger partial charge is 0.380 e. The van der Waals surface area contributed by atoms with Gasteiger partial charge < -0.3 is 10.1 Å². The van der Waals surface area contributed by atoms with Gasteiger partial charge in [0, 0.05) is 19.7 Å². The van der Waals surface area contributed by atoms with Gasteiger partial charge in [0.05, 0.1) is 18.0 Å². The van der Waals surface area contributed by atoms with Crippen LogP contribution < -0.4 is 10.9 Å². The summed E-state index contributed by atoms with van der Waals surface area (Å²) >= 11 is 3.31. The molecule has 0 saturated carbocycles. The number of ether oxygens (including phenoxy) is 1. The highest BCUT2D eigenvalue weighted by atomic mass is 79.9. The summed E-state index contributed by atoms with van der Waals surface area (Å²) in [6.07, 6.45) is 2.65. The van der Waals surface area contributed by atoms with Gasteiger partial charge in [-0.2, -0.15) is 5.10 Å². The Morgan fingerprint density at radius 1 is 1.56 bits per heavy atom. The van der Waals surface area contributed by atoms with E-state index in [-0.39, 0.29) is 11.7 Å². The molecule has 0 fully saturated rings. The lowest BCUT2D eigenvalue weighted by Gasteiger charge is -2.14. The van der Waals surface area contributed by atoms with Crippen LogP contribution in [0.4, 0.5) is 5.69 Å². The van der Waals surface area contributed by atoms with Gasteiger partial charge in [-0.3, -0.25) is 4.79 Å². The van der Waals surface area contributed by atoms with Gasteiger partial charge in [-0.25, -0.2) is 4.68 Å². The molecule has 0 aliphatic carbocycles. The zero-order valence-corrected chi connectivity index (χ0v) is 12.7. The van der Waals surface area contributed by atoms with E-state index in [1.165, 1.54) is 4.68 Å². The molecule has 0 aliphatic heterocycles. The lowest BCUT2D eigenvalue weighted by molar-refractivity contribution is 0.0855. The number of anilines is 1. The molecular formula is C12H20BrN3O2. The average Bonchev–Trinajstić information content (AvgIpc) is 2.35. The second-order valence-corrected chi connectivity index (χ2v) is 4.84. The van der Waals surface area contributed by atoms with Crippen molar-refractivity contribution in [3.05, 3.63) is 21.0 Å². The molecule has 5 nitrogen and oxygen atoms in total. The molecule has 0 spiro atoms. The number of halogens is 1. The van der Waals surface area contributed by atoms with Crippen LogP contribution in [-0.2, 0) is 11.3 Å². The third kappa shape index (κ3) is 4.10. The van der Waals surface area contributed by atoms with Crippen molar-refractivity contribution in [3.8, 4) is 0 Å². The standard InChI is InChI=1S/C12H20BrN3O2/c1-4-6-16-12(17)11(13)10(8-15-16)14-7-9(3)18-5-2/h8-9,14H,4-7H2,1-3H3. The molecular weight excluding hydrogens is 298 g/mol. The lowest BCUT2D eigenvalue weighted by atomic mass is 10.3. The van der Waals surface area contributed by atoms with Crippen LogP contribution in [0.5, 0.6) is 0 Å². The van der Waals surface area contributed by atoms with Crippen molar-refractivity contribution in [2.24, 2.45) is 0 Å². The average molecular weight is 318 g/mol. The minimum Gasteiger partial charge on any atom is -0.380 e. The minimum atomic E-state index is -0.106. The first-order valence-corrected chi connectivity index (χ1v) is 7.00. The summed E-state index contributed by atoms with van der Waals surface area (Å²) in [6, 6.07) is 0. The Morgan fingerprint density at radius 3 is 2.89 bits per heavy atom. The summed E-state index contributed by atoms with van der Waals surface area (Å²) in [5.74, 6) is 0. The van der Waals surface area contributed by atoms with Crippen LogP contribution >= 0.6 is 15.9 Å². The van der Waals surface area contributed by atoms with E-state index in [0.717, 1.165) is 6.42 Å². The van der Waals surface area contributed by atoms with E-state index in [4.69, 9.17) is 4.74 Å². The van der Waals surface area contributed by atoms with Crippen molar-refractivity contribution < 1.29 is 4.74 Å². The van der Waals surface area contributed by atoms with Crippen molar-refractivity contribution in [2.45, 2.75) is 39.8 Å². The van der Waals surface area contributed by atoms with Crippen LogP contribution in [0.3, 0.4) is 0 Å². The van der Waals surface area contributed by atoms with Gasteiger partial charge in [0.15, 0.2) is 0 Å². The molecule has 1 aromatic heterocycles. The number of hydrogen-bond donors (Lipinski definition) is 1. The van der Waals surface area contributed by atoms with Gasteiger partial charge in [-0.15, -0.1) is 0 Å². The Morgan fingerprint density at radius 2 is 2.28 bits per heavy atom. The monoisotopic (exact) mass is 317 g/mol. The number of rotatable bonds is 7. The van der Waals surface area contributed by atoms with Gasteiger partial charge in [0.25, 0.3) is 5.56 Å². The maximum Gasteiger partial charge on any atom is 0.283 e. The maximum absolute atomic E-state index is 11.9. The predicted octanol–water partition coefficient (Wildman–Crippen LogP) is 2.25. The van der Waals surface area contributed by atoms with E-state index >= 15 is 0 Å². The fraction of sp³-hybridized carbons (Fsp3) is 0.667. The lowest BCUT2D eigenvalue weighted by Crippen LogP contribution is -2.26. The molecule has 1 heterocycles. The summed E-state index contributed by atoms with van der Waals surface area (Å²) < 4.78 is 7.40. The number of aryl methyl sites for hydroxylation is 1. The van der Waals surface area contributed by atoms with E-state index in [9.17, 15) is 4.79 Å². The summed E-state index contributed by atoms with van der Waals surface area (Å²) in [5.41, 5.74) is 0.602. The third-order valence-electron chi connectivity index (χ3n) is 2.45. The fourth-order valence-corrected chi connectivity index (χ4v) is 2.00. The Labute approximate surface area is 116 Å². The minimum absolute atomic E-state index is 0.0972. The molecule has 102 valence electrons. The Bertz CT molecular complexity index is 434. The molecule has 1 atom stereocenters. The molecule has 0 aromatic carbocycles. The first kappa shape index (κ1) is 15.2. The van der Waals surface area contributed by atoms with Gasteiger partial charge in [0.1, 0.15) is 4.47 Å². The van der Waals surface area contributed by atoms with Crippen LogP contribution in [-0.4, -0.2) is 29.0 Å². The van der Waals surface area contributed by atoms with Crippen LogP contribution in [0.15, 0.2) is 15.5 Å². The maximum atomic E-state index is 11.9. The fourth-order valence-electron chi connectivity index (χ4n) is 1.56. The molecule has 18 heavy (non-hydrogen) atoms. The van der Waals surface area contributed by atoms with Crippen molar-refractivity contribution >= 4 is 21.6 Å². The second-order valence-electron chi connectivity index (χ2n) is 4.05. The highest BCUT2D eigenvalue weighted by Gasteiger charge is 2.09. The molecule has 0 saturated heterocycles. The topological polar surface area (TPSA) is 56.1 Å². The number of hydrogen-bond acceptors (Lipinski definition) is 4. The zero-order chi connectivity index (χ0) is 13.5. The number of nitrogens with zero attached hydrogens (tertiary/aromatic N) is 2. The quantitative estimate of drug-likeness (QED) is 0.838. The molecule has 0 radical (unpaired) electrons. The molecule has 1 aromatic rings. The number of nitrogens with one attached hydrogen (secondary N) is 1. The van der Waals surface area contributed by atoms with Crippen LogP contribution in [0.25, 0.3) is 0 Å². The van der Waals surface area contributed by atoms with E-state index < -0.39 is 0 Å². The third-order valence-corrected chi connectivity index (χ3v) is 3.22. The smallest absolute Gasteiger partial charge is 0.283 e. The highest BCUT2D eigenvalue weighted by molar-refractivity contribution is 9.10. The second kappa shape index (κ2) is 7.53. The van der Waals surface area contributed by atoms with Gasteiger partial charge in [-0.1, -0.05) is 6.92 Å². The van der Waals surface area contributed by atoms with Crippen LogP contribution in [0.1, 0.15) is 27.2 Å². The summed E-state index contributed by atoms with van der Waals surface area (Å²) in [7, 11) is 0. The molecule has 1 unspecified atom stereocenters. The highest BCUT2D eigenvalue weighted by Crippen LogP contribution is 2.16. The molecule has 0 aliphatic rings. The zero-order valence-electron chi connectivity index (χ0n) is 11.1. The van der Waals surface area contributed by atoms with E-state index in [1.54, 1.807) is 6.20 Å². The Kier molecular flexibility index (Phi) is 6.35. The summed E-state index contributed by atoms with van der Waals surface area (Å²) in [4.78, 5) is 11.9. The van der Waals surface area contributed by atoms with Gasteiger partial charge in [-0.05, 0) is 36.2 Å². The molecule has 1 N–H and O–H groups in total. The molecule has 0 amide bonds. The van der Waals surface area contributed by atoms with E-state index in [0.29, 0.717) is 29.9 Å². The van der Waals surface area contributed by atoms with Crippen molar-refractivity contribution in [1.29, 1.82) is 0 Å². The summed E-state index contributed by atoms with van der Waals surface area (Å²) in [6.45, 7) is 7.91. The van der Waals surface area contributed by atoms with Gasteiger partial charge >= 0.3 is 0 Å².